The van der Waals surface area contributed by atoms with E-state index in [2.05, 4.69) is 9.97 Å². The zero-order chi connectivity index (χ0) is 9.10. The SMILES string of the molecule is ClCCSc1ncc2ccsc2n1. The van der Waals surface area contributed by atoms with Crippen LogP contribution in [0.2, 0.25) is 0 Å². The lowest BCUT2D eigenvalue weighted by Gasteiger charge is -1.95. The summed E-state index contributed by atoms with van der Waals surface area (Å²) in [6, 6.07) is 2.02. The van der Waals surface area contributed by atoms with Gasteiger partial charge in [0, 0.05) is 23.2 Å². The first-order chi connectivity index (χ1) is 6.40. The highest BCUT2D eigenvalue weighted by molar-refractivity contribution is 7.99. The van der Waals surface area contributed by atoms with Crippen LogP contribution in [0.15, 0.2) is 22.8 Å². The number of alkyl halides is 1. The molecule has 0 aliphatic rings. The Bertz CT molecular complexity index is 402. The van der Waals surface area contributed by atoms with Crippen molar-refractivity contribution in [2.45, 2.75) is 5.16 Å². The standard InChI is InChI=1S/C8H7ClN2S2/c9-2-4-13-8-10-5-6-1-3-12-7(6)11-8/h1,3,5H,2,4H2. The summed E-state index contributed by atoms with van der Waals surface area (Å²) in [6.45, 7) is 0. The summed E-state index contributed by atoms with van der Waals surface area (Å²) in [7, 11) is 0. The quantitative estimate of drug-likeness (QED) is 0.461. The van der Waals surface area contributed by atoms with Gasteiger partial charge >= 0.3 is 0 Å². The van der Waals surface area contributed by atoms with E-state index in [0.717, 1.165) is 21.1 Å². The van der Waals surface area contributed by atoms with Crippen LogP contribution in [0.5, 0.6) is 0 Å². The minimum atomic E-state index is 0.635. The minimum absolute atomic E-state index is 0.635. The molecule has 13 heavy (non-hydrogen) atoms. The third-order valence-corrected chi connectivity index (χ3v) is 3.59. The molecule has 2 nitrogen and oxygen atoms in total. The molecule has 0 unspecified atom stereocenters. The maximum Gasteiger partial charge on any atom is 0.188 e. The molecule has 68 valence electrons. The third-order valence-electron chi connectivity index (χ3n) is 1.49. The smallest absolute Gasteiger partial charge is 0.188 e. The highest BCUT2D eigenvalue weighted by Gasteiger charge is 2.00. The average molecular weight is 231 g/mol. The van der Waals surface area contributed by atoms with Crippen molar-refractivity contribution in [2.75, 3.05) is 11.6 Å². The van der Waals surface area contributed by atoms with Crippen molar-refractivity contribution in [1.82, 2.24) is 9.97 Å². The molecule has 0 aromatic carbocycles. The van der Waals surface area contributed by atoms with Crippen molar-refractivity contribution >= 4 is 44.9 Å². The number of fused-ring (bicyclic) bond motifs is 1. The van der Waals surface area contributed by atoms with Crippen LogP contribution in [-0.4, -0.2) is 21.6 Å². The van der Waals surface area contributed by atoms with E-state index < -0.39 is 0 Å². The largest absolute Gasteiger partial charge is 0.230 e. The second-order valence-corrected chi connectivity index (χ2v) is 4.71. The molecule has 0 fully saturated rings. The molecule has 0 saturated heterocycles. The van der Waals surface area contributed by atoms with Crippen LogP contribution < -0.4 is 0 Å². The Hall–Kier alpha value is -0.320. The molecule has 2 rings (SSSR count). The molecule has 0 spiro atoms. The maximum atomic E-state index is 5.57. The van der Waals surface area contributed by atoms with E-state index in [1.165, 1.54) is 0 Å². The molecular weight excluding hydrogens is 224 g/mol. The van der Waals surface area contributed by atoms with Gasteiger partial charge in [-0.2, -0.15) is 0 Å². The Labute approximate surface area is 89.3 Å². The molecule has 0 atom stereocenters. The fourth-order valence-electron chi connectivity index (χ4n) is 0.940. The second kappa shape index (κ2) is 4.26. The molecule has 0 N–H and O–H groups in total. The monoisotopic (exact) mass is 230 g/mol. The first-order valence-corrected chi connectivity index (χ1v) is 6.19. The Morgan fingerprint density at radius 3 is 3.31 bits per heavy atom. The van der Waals surface area contributed by atoms with Crippen molar-refractivity contribution in [3.05, 3.63) is 17.6 Å². The molecule has 0 amide bonds. The zero-order valence-electron chi connectivity index (χ0n) is 6.74. The zero-order valence-corrected chi connectivity index (χ0v) is 9.12. The molecular formula is C8H7ClN2S2. The number of rotatable bonds is 3. The van der Waals surface area contributed by atoms with E-state index in [9.17, 15) is 0 Å². The highest BCUT2D eigenvalue weighted by Crippen LogP contribution is 2.21. The molecule has 0 saturated carbocycles. The van der Waals surface area contributed by atoms with Gasteiger partial charge in [0.25, 0.3) is 0 Å². The molecule has 0 radical (unpaired) electrons. The van der Waals surface area contributed by atoms with Crippen molar-refractivity contribution in [1.29, 1.82) is 0 Å². The number of hydrogen-bond donors (Lipinski definition) is 0. The lowest BCUT2D eigenvalue weighted by molar-refractivity contribution is 1.01. The van der Waals surface area contributed by atoms with E-state index in [0.29, 0.717) is 5.88 Å². The van der Waals surface area contributed by atoms with Gasteiger partial charge in [-0.25, -0.2) is 9.97 Å². The van der Waals surface area contributed by atoms with Gasteiger partial charge in [0.2, 0.25) is 0 Å². The van der Waals surface area contributed by atoms with Gasteiger partial charge in [0.05, 0.1) is 0 Å². The number of thiophene rings is 1. The molecule has 5 heteroatoms. The number of hydrogen-bond acceptors (Lipinski definition) is 4. The topological polar surface area (TPSA) is 25.8 Å². The van der Waals surface area contributed by atoms with E-state index in [1.807, 2.05) is 17.6 Å². The maximum absolute atomic E-state index is 5.57. The minimum Gasteiger partial charge on any atom is -0.230 e. The highest BCUT2D eigenvalue weighted by atomic mass is 35.5. The number of thioether (sulfide) groups is 1. The summed E-state index contributed by atoms with van der Waals surface area (Å²) in [5.74, 6) is 1.49. The van der Waals surface area contributed by atoms with Crippen LogP contribution in [0.25, 0.3) is 10.2 Å². The van der Waals surface area contributed by atoms with Crippen molar-refractivity contribution in [2.24, 2.45) is 0 Å². The summed E-state index contributed by atoms with van der Waals surface area (Å²) < 4.78 is 0. The lowest BCUT2D eigenvalue weighted by atomic mass is 10.4. The van der Waals surface area contributed by atoms with Crippen molar-refractivity contribution in [3.8, 4) is 0 Å². The van der Waals surface area contributed by atoms with Gasteiger partial charge < -0.3 is 0 Å². The van der Waals surface area contributed by atoms with Crippen LogP contribution in [0.3, 0.4) is 0 Å². The van der Waals surface area contributed by atoms with Gasteiger partial charge in [0.1, 0.15) is 4.83 Å². The normalized spacial score (nSPS) is 10.8. The van der Waals surface area contributed by atoms with E-state index in [-0.39, 0.29) is 0 Å². The summed E-state index contributed by atoms with van der Waals surface area (Å²) in [6.07, 6.45) is 1.86. The summed E-state index contributed by atoms with van der Waals surface area (Å²) in [5.41, 5.74) is 0. The number of nitrogens with zero attached hydrogens (tertiary/aromatic N) is 2. The Morgan fingerprint density at radius 1 is 1.54 bits per heavy atom. The van der Waals surface area contributed by atoms with E-state index >= 15 is 0 Å². The molecule has 2 aromatic rings. The van der Waals surface area contributed by atoms with Crippen molar-refractivity contribution in [3.63, 3.8) is 0 Å². The molecule has 2 aromatic heterocycles. The van der Waals surface area contributed by atoms with Gasteiger partial charge in [-0.05, 0) is 11.4 Å². The predicted octanol–water partition coefficient (Wildman–Crippen LogP) is 3.02. The Balaban J connectivity index is 2.26. The van der Waals surface area contributed by atoms with Gasteiger partial charge in [-0.15, -0.1) is 22.9 Å². The Kier molecular flexibility index (Phi) is 3.03. The predicted molar refractivity (Wildman–Crippen MR) is 58.9 cm³/mol. The number of halogens is 1. The van der Waals surface area contributed by atoms with Gasteiger partial charge in [-0.3, -0.25) is 0 Å². The van der Waals surface area contributed by atoms with Gasteiger partial charge in [-0.1, -0.05) is 11.8 Å². The third kappa shape index (κ3) is 2.13. The fraction of sp³-hybridized carbons (Fsp3) is 0.250. The van der Waals surface area contributed by atoms with E-state index in [1.54, 1.807) is 23.1 Å². The fourth-order valence-corrected chi connectivity index (χ4v) is 2.51. The van der Waals surface area contributed by atoms with Crippen molar-refractivity contribution < 1.29 is 0 Å². The summed E-state index contributed by atoms with van der Waals surface area (Å²) >= 11 is 8.80. The van der Waals surface area contributed by atoms with Crippen LogP contribution in [0.1, 0.15) is 0 Å². The van der Waals surface area contributed by atoms with Gasteiger partial charge in [0.15, 0.2) is 5.16 Å². The van der Waals surface area contributed by atoms with E-state index in [4.69, 9.17) is 11.6 Å². The lowest BCUT2D eigenvalue weighted by Crippen LogP contribution is -1.87. The first-order valence-electron chi connectivity index (χ1n) is 3.79. The second-order valence-electron chi connectivity index (χ2n) is 2.37. The molecule has 0 bridgehead atoms. The first kappa shape index (κ1) is 9.24. The molecule has 0 aliphatic carbocycles. The number of aromatic nitrogens is 2. The summed E-state index contributed by atoms with van der Waals surface area (Å²) in [5, 5.41) is 3.95. The summed E-state index contributed by atoms with van der Waals surface area (Å²) in [4.78, 5) is 9.65. The molecule has 0 aliphatic heterocycles. The average Bonchev–Trinajstić information content (AvgIpc) is 2.61. The molecule has 2 heterocycles. The Morgan fingerprint density at radius 2 is 2.46 bits per heavy atom. The van der Waals surface area contributed by atoms with Crippen LogP contribution in [-0.2, 0) is 0 Å². The van der Waals surface area contributed by atoms with Crippen LogP contribution in [0.4, 0.5) is 0 Å². The van der Waals surface area contributed by atoms with Crippen LogP contribution >= 0.6 is 34.7 Å². The van der Waals surface area contributed by atoms with Crippen LogP contribution in [0, 0.1) is 0 Å².